The van der Waals surface area contributed by atoms with Crippen molar-refractivity contribution in [2.45, 2.75) is 45.1 Å². The Morgan fingerprint density at radius 1 is 0.886 bits per heavy atom. The van der Waals surface area contributed by atoms with E-state index in [1.165, 1.54) is 38.9 Å². The Bertz CT molecular complexity index is 1510. The van der Waals surface area contributed by atoms with Gasteiger partial charge < -0.3 is 4.57 Å². The lowest BCUT2D eigenvalue weighted by atomic mass is 9.97. The van der Waals surface area contributed by atoms with Gasteiger partial charge in [0.05, 0.1) is 4.90 Å². The summed E-state index contributed by atoms with van der Waals surface area (Å²) in [6.07, 6.45) is 3.70. The Kier molecular flexibility index (Phi) is 6.39. The molecule has 3 aromatic carbocycles. The highest BCUT2D eigenvalue weighted by Gasteiger charge is 2.28. The molecule has 35 heavy (non-hydrogen) atoms. The Labute approximate surface area is 208 Å². The van der Waals surface area contributed by atoms with E-state index < -0.39 is 10.0 Å². The van der Waals surface area contributed by atoms with Gasteiger partial charge in [0.1, 0.15) is 0 Å². The maximum Gasteiger partial charge on any atom is 0.243 e. The summed E-state index contributed by atoms with van der Waals surface area (Å²) in [6.45, 7) is 8.12. The number of fused-ring (bicyclic) bond motifs is 1. The predicted molar refractivity (Wildman–Crippen MR) is 144 cm³/mol. The molecule has 0 bridgehead atoms. The van der Waals surface area contributed by atoms with Gasteiger partial charge in [-0.3, -0.25) is 0 Å². The van der Waals surface area contributed by atoms with E-state index in [4.69, 9.17) is 0 Å². The molecule has 0 spiro atoms. The number of hydrogen-bond acceptors (Lipinski definition) is 2. The van der Waals surface area contributed by atoms with Crippen molar-refractivity contribution in [2.24, 2.45) is 0 Å². The van der Waals surface area contributed by atoms with E-state index in [1.807, 2.05) is 12.1 Å². The quantitative estimate of drug-likeness (QED) is 0.320. The molecule has 2 heterocycles. The maximum absolute atomic E-state index is 13.2. The van der Waals surface area contributed by atoms with Crippen LogP contribution in [0.25, 0.3) is 16.5 Å². The highest BCUT2D eigenvalue weighted by atomic mass is 32.2. The molecule has 0 atom stereocenters. The number of aromatic nitrogens is 1. The molecule has 1 aromatic heterocycles. The number of hydrogen-bond donors (Lipinski definition) is 0. The van der Waals surface area contributed by atoms with Crippen LogP contribution in [0.4, 0.5) is 0 Å². The summed E-state index contributed by atoms with van der Waals surface area (Å²) in [5, 5.41) is 1.23. The van der Waals surface area contributed by atoms with Gasteiger partial charge >= 0.3 is 0 Å². The largest absolute Gasteiger partial charge is 0.340 e. The Balaban J connectivity index is 1.47. The first-order valence-electron chi connectivity index (χ1n) is 12.3. The minimum atomic E-state index is -3.50. The third-order valence-electron chi connectivity index (χ3n) is 7.28. The lowest BCUT2D eigenvalue weighted by Crippen LogP contribution is -2.34. The molecule has 5 heteroatoms. The van der Waals surface area contributed by atoms with Crippen LogP contribution in [-0.4, -0.2) is 30.4 Å². The fourth-order valence-corrected chi connectivity index (χ4v) is 6.52. The van der Waals surface area contributed by atoms with Crippen molar-refractivity contribution >= 4 is 26.5 Å². The van der Waals surface area contributed by atoms with Crippen LogP contribution in [0.5, 0.6) is 0 Å². The lowest BCUT2D eigenvalue weighted by molar-refractivity contribution is 0.441. The highest BCUT2D eigenvalue weighted by Crippen LogP contribution is 2.36. The number of nitrogens with zero attached hydrogens (tertiary/aromatic N) is 2. The summed E-state index contributed by atoms with van der Waals surface area (Å²) in [6, 6.07) is 24.4. The molecule has 0 unspecified atom stereocenters. The van der Waals surface area contributed by atoms with E-state index in [2.05, 4.69) is 79.9 Å². The minimum Gasteiger partial charge on any atom is -0.340 e. The molecule has 180 valence electrons. The molecule has 1 aliphatic rings. The van der Waals surface area contributed by atoms with E-state index in [0.717, 1.165) is 18.5 Å². The first-order chi connectivity index (χ1) is 16.9. The topological polar surface area (TPSA) is 42.3 Å². The summed E-state index contributed by atoms with van der Waals surface area (Å²) in [4.78, 5) is 0.373. The molecule has 0 aliphatic carbocycles. The predicted octanol–water partition coefficient (Wildman–Crippen LogP) is 6.35. The number of aryl methyl sites for hydroxylation is 2. The van der Waals surface area contributed by atoms with E-state index in [1.54, 1.807) is 16.4 Å². The number of sulfonamides is 1. The van der Waals surface area contributed by atoms with Crippen LogP contribution in [-0.2, 0) is 23.0 Å². The monoisotopic (exact) mass is 484 g/mol. The molecule has 0 fully saturated rings. The van der Waals surface area contributed by atoms with Gasteiger partial charge in [0, 0.05) is 41.8 Å². The van der Waals surface area contributed by atoms with Gasteiger partial charge in [-0.2, -0.15) is 4.31 Å². The van der Waals surface area contributed by atoms with Gasteiger partial charge in [-0.1, -0.05) is 67.6 Å². The van der Waals surface area contributed by atoms with E-state index in [-0.39, 0.29) is 0 Å². The zero-order valence-corrected chi connectivity index (χ0v) is 21.5. The Morgan fingerprint density at radius 2 is 1.60 bits per heavy atom. The highest BCUT2D eigenvalue weighted by molar-refractivity contribution is 7.89. The minimum absolute atomic E-state index is 0.373. The zero-order valence-electron chi connectivity index (χ0n) is 20.7. The van der Waals surface area contributed by atoms with Crippen molar-refractivity contribution in [3.63, 3.8) is 0 Å². The summed E-state index contributed by atoms with van der Waals surface area (Å²) >= 11 is 0. The fourth-order valence-electron chi connectivity index (χ4n) is 5.14. The summed E-state index contributed by atoms with van der Waals surface area (Å²) in [5.74, 6) is 0. The first-order valence-corrected chi connectivity index (χ1v) is 13.7. The van der Waals surface area contributed by atoms with Gasteiger partial charge in [0.25, 0.3) is 0 Å². The second-order valence-electron chi connectivity index (χ2n) is 9.33. The summed E-state index contributed by atoms with van der Waals surface area (Å²) in [5.41, 5.74) is 8.67. The third-order valence-corrected chi connectivity index (χ3v) is 9.16. The van der Waals surface area contributed by atoms with Crippen molar-refractivity contribution in [3.8, 4) is 0 Å². The number of benzene rings is 3. The SMILES string of the molecule is CCc1ccc(S(=O)(=O)N2CC=C(c3c(C)n(Cc4ccccc4C)c4ccccc34)CC2)cc1. The number of rotatable bonds is 6. The molecule has 1 aliphatic heterocycles. The van der Waals surface area contributed by atoms with Crippen molar-refractivity contribution in [1.82, 2.24) is 8.87 Å². The van der Waals surface area contributed by atoms with Crippen LogP contribution in [0.15, 0.2) is 83.8 Å². The smallest absolute Gasteiger partial charge is 0.243 e. The molecule has 0 saturated heterocycles. The van der Waals surface area contributed by atoms with Crippen LogP contribution >= 0.6 is 0 Å². The van der Waals surface area contributed by atoms with Crippen molar-refractivity contribution in [1.29, 1.82) is 0 Å². The molecule has 0 saturated carbocycles. The van der Waals surface area contributed by atoms with Gasteiger partial charge in [0.2, 0.25) is 10.0 Å². The van der Waals surface area contributed by atoms with Crippen LogP contribution in [0.1, 0.15) is 41.3 Å². The van der Waals surface area contributed by atoms with Gasteiger partial charge in [-0.05, 0) is 67.2 Å². The van der Waals surface area contributed by atoms with E-state index >= 15 is 0 Å². The second kappa shape index (κ2) is 9.48. The lowest BCUT2D eigenvalue weighted by Gasteiger charge is -2.26. The van der Waals surface area contributed by atoms with E-state index in [0.29, 0.717) is 24.4 Å². The molecule has 5 rings (SSSR count). The molecule has 0 amide bonds. The van der Waals surface area contributed by atoms with Gasteiger partial charge in [0.15, 0.2) is 0 Å². The van der Waals surface area contributed by atoms with Gasteiger partial charge in [-0.15, -0.1) is 0 Å². The molecular formula is C30H32N2O2S. The Hall–Kier alpha value is -3.15. The fraction of sp³-hybridized carbons (Fsp3) is 0.267. The summed E-state index contributed by atoms with van der Waals surface area (Å²) < 4.78 is 30.5. The maximum atomic E-state index is 13.2. The standard InChI is InChI=1S/C30H32N2O2S/c1-4-24-13-15-27(16-14-24)35(33,34)31-19-17-25(18-20-31)30-23(3)32(29-12-8-7-11-28(29)30)21-26-10-6-5-9-22(26)2/h5-17H,4,18-21H2,1-3H3. The van der Waals surface area contributed by atoms with Crippen molar-refractivity contribution in [2.75, 3.05) is 13.1 Å². The van der Waals surface area contributed by atoms with Crippen molar-refractivity contribution in [3.05, 3.63) is 107 Å². The van der Waals surface area contributed by atoms with Crippen molar-refractivity contribution < 1.29 is 8.42 Å². The molecule has 0 N–H and O–H groups in total. The molecule has 4 aromatic rings. The number of para-hydroxylation sites is 1. The molecule has 4 nitrogen and oxygen atoms in total. The molecular weight excluding hydrogens is 452 g/mol. The third kappa shape index (κ3) is 4.35. The molecule has 0 radical (unpaired) electrons. The second-order valence-corrected chi connectivity index (χ2v) is 11.3. The zero-order chi connectivity index (χ0) is 24.6. The normalized spacial score (nSPS) is 14.9. The summed E-state index contributed by atoms with van der Waals surface area (Å²) in [7, 11) is -3.50. The van der Waals surface area contributed by atoms with Crippen LogP contribution in [0, 0.1) is 13.8 Å². The van der Waals surface area contributed by atoms with Gasteiger partial charge in [-0.25, -0.2) is 8.42 Å². The van der Waals surface area contributed by atoms with Crippen LogP contribution in [0.2, 0.25) is 0 Å². The van der Waals surface area contributed by atoms with Crippen LogP contribution < -0.4 is 0 Å². The average Bonchev–Trinajstić information content (AvgIpc) is 3.16. The van der Waals surface area contributed by atoms with E-state index in [9.17, 15) is 8.42 Å². The first kappa shape index (κ1) is 23.6. The average molecular weight is 485 g/mol. The van der Waals surface area contributed by atoms with Crippen LogP contribution in [0.3, 0.4) is 0 Å². The Morgan fingerprint density at radius 3 is 2.29 bits per heavy atom.